The Morgan fingerprint density at radius 3 is 2.32 bits per heavy atom. The summed E-state index contributed by atoms with van der Waals surface area (Å²) in [5.41, 5.74) is 0.346. The average molecular weight is 578 g/mol. The maximum Gasteiger partial charge on any atom is 0.306 e. The summed E-state index contributed by atoms with van der Waals surface area (Å²) >= 11 is 11.9. The van der Waals surface area contributed by atoms with Gasteiger partial charge in [-0.05, 0) is 69.2 Å². The van der Waals surface area contributed by atoms with Crippen LogP contribution in [0.15, 0.2) is 36.4 Å². The minimum atomic E-state index is -3.75. The van der Waals surface area contributed by atoms with Gasteiger partial charge in [0.05, 0.1) is 28.0 Å². The average Bonchev–Trinajstić information content (AvgIpc) is 2.74. The summed E-state index contributed by atoms with van der Waals surface area (Å²) in [5.74, 6) is -4.11. The number of halogens is 4. The molecule has 0 aliphatic carbocycles. The molecule has 0 radical (unpaired) electrons. The number of carbonyl (C=O) groups excluding carboxylic acids is 1. The number of hydrogen-bond acceptors (Lipinski definition) is 5. The van der Waals surface area contributed by atoms with Crippen molar-refractivity contribution < 1.29 is 36.6 Å². The molecule has 1 saturated heterocycles. The van der Waals surface area contributed by atoms with Gasteiger partial charge in [-0.15, -0.1) is 0 Å². The van der Waals surface area contributed by atoms with Crippen molar-refractivity contribution in [1.82, 2.24) is 4.90 Å². The highest BCUT2D eigenvalue weighted by molar-refractivity contribution is 7.92. The van der Waals surface area contributed by atoms with Gasteiger partial charge in [0.25, 0.3) is 5.91 Å². The Bertz CT molecular complexity index is 1290. The molecule has 1 N–H and O–H groups in total. The van der Waals surface area contributed by atoms with Crippen molar-refractivity contribution in [2.45, 2.75) is 63.2 Å². The molecule has 0 saturated carbocycles. The minimum absolute atomic E-state index is 0.0150. The first-order chi connectivity index (χ1) is 17.0. The van der Waals surface area contributed by atoms with Crippen molar-refractivity contribution in [3.63, 3.8) is 0 Å². The lowest BCUT2D eigenvalue weighted by molar-refractivity contribution is -0.182. The van der Waals surface area contributed by atoms with E-state index < -0.39 is 74.6 Å². The van der Waals surface area contributed by atoms with E-state index in [1.54, 1.807) is 0 Å². The van der Waals surface area contributed by atoms with E-state index >= 15 is 0 Å². The SMILES string of the molecule is CC(CS(=O)(=O)C(C)(C)C)N1C(=O)[C@@H](CC(=O)O)O[C@H](c2cc(F)cc(Cl)c2)[C@H]1c1ccc(Cl)c(F)c1. The molecular formula is C25H27Cl2F2NO6S. The molecule has 3 rings (SSSR count). The van der Waals surface area contributed by atoms with E-state index in [1.165, 1.54) is 50.8 Å². The number of rotatable bonds is 7. The zero-order valence-electron chi connectivity index (χ0n) is 20.5. The van der Waals surface area contributed by atoms with E-state index in [9.17, 15) is 31.9 Å². The monoisotopic (exact) mass is 577 g/mol. The number of morpholine rings is 1. The summed E-state index contributed by atoms with van der Waals surface area (Å²) in [7, 11) is -3.75. The molecule has 202 valence electrons. The summed E-state index contributed by atoms with van der Waals surface area (Å²) in [5, 5.41) is 9.24. The van der Waals surface area contributed by atoms with Gasteiger partial charge in [0.15, 0.2) is 9.84 Å². The van der Waals surface area contributed by atoms with Crippen LogP contribution in [0.3, 0.4) is 0 Å². The molecule has 0 bridgehead atoms. The number of carboxylic acids is 1. The fourth-order valence-corrected chi connectivity index (χ4v) is 5.87. The van der Waals surface area contributed by atoms with Crippen LogP contribution in [-0.2, 0) is 24.2 Å². The molecule has 0 spiro atoms. The standard InChI is InChI=1S/C25H27Cl2F2NO6S/c1-13(12-37(34,35)25(2,3)4)30-22(14-5-6-18(27)19(29)9-14)23(15-7-16(26)10-17(28)8-15)36-20(24(30)33)11-21(31)32/h5-10,13,20,22-23H,11-12H2,1-4H3,(H,31,32)/t13?,20-,22-,23-/m1/s1. The number of hydrogen-bond donors (Lipinski definition) is 1. The van der Waals surface area contributed by atoms with E-state index in [2.05, 4.69) is 0 Å². The highest BCUT2D eigenvalue weighted by Crippen LogP contribution is 2.45. The van der Waals surface area contributed by atoms with Crippen LogP contribution in [0.25, 0.3) is 0 Å². The second kappa shape index (κ2) is 10.8. The molecule has 1 unspecified atom stereocenters. The number of aliphatic carboxylic acids is 1. The summed E-state index contributed by atoms with van der Waals surface area (Å²) < 4.78 is 59.8. The normalized spacial score (nSPS) is 21.7. The van der Waals surface area contributed by atoms with E-state index in [0.29, 0.717) is 0 Å². The zero-order valence-corrected chi connectivity index (χ0v) is 22.9. The Kier molecular flexibility index (Phi) is 8.58. The Balaban J connectivity index is 2.24. The van der Waals surface area contributed by atoms with Crippen molar-refractivity contribution in [1.29, 1.82) is 0 Å². The Morgan fingerprint density at radius 2 is 1.78 bits per heavy atom. The number of sulfone groups is 1. The molecule has 12 heteroatoms. The molecule has 2 aromatic carbocycles. The van der Waals surface area contributed by atoms with E-state index in [0.717, 1.165) is 18.2 Å². The third-order valence-corrected chi connectivity index (χ3v) is 9.47. The highest BCUT2D eigenvalue weighted by atomic mass is 35.5. The number of carboxylic acid groups (broad SMARTS) is 1. The Morgan fingerprint density at radius 1 is 1.14 bits per heavy atom. The minimum Gasteiger partial charge on any atom is -0.481 e. The number of nitrogens with zero attached hydrogens (tertiary/aromatic N) is 1. The van der Waals surface area contributed by atoms with Crippen LogP contribution in [0.4, 0.5) is 8.78 Å². The van der Waals surface area contributed by atoms with Gasteiger partial charge in [-0.3, -0.25) is 9.59 Å². The molecule has 1 amide bonds. The van der Waals surface area contributed by atoms with Gasteiger partial charge in [-0.25, -0.2) is 17.2 Å². The van der Waals surface area contributed by atoms with Crippen LogP contribution >= 0.6 is 23.2 Å². The lowest BCUT2D eigenvalue weighted by Crippen LogP contribution is -2.56. The van der Waals surface area contributed by atoms with Crippen molar-refractivity contribution in [2.75, 3.05) is 5.75 Å². The number of benzene rings is 2. The smallest absolute Gasteiger partial charge is 0.306 e. The van der Waals surface area contributed by atoms with Gasteiger partial charge >= 0.3 is 5.97 Å². The molecule has 4 atom stereocenters. The van der Waals surface area contributed by atoms with E-state index in [-0.39, 0.29) is 21.2 Å². The third-order valence-electron chi connectivity index (χ3n) is 6.15. The summed E-state index contributed by atoms with van der Waals surface area (Å²) in [6.07, 6.45) is -3.46. The quantitative estimate of drug-likeness (QED) is 0.475. The molecule has 0 aromatic heterocycles. The number of carbonyl (C=O) groups is 2. The fraction of sp³-hybridized carbons (Fsp3) is 0.440. The highest BCUT2D eigenvalue weighted by Gasteiger charge is 2.48. The van der Waals surface area contributed by atoms with Crippen molar-refractivity contribution in [3.05, 3.63) is 69.2 Å². The van der Waals surface area contributed by atoms with Crippen LogP contribution in [0.2, 0.25) is 10.0 Å². The van der Waals surface area contributed by atoms with Crippen LogP contribution < -0.4 is 0 Å². The predicted octanol–water partition coefficient (Wildman–Crippen LogP) is 5.36. The molecule has 7 nitrogen and oxygen atoms in total. The lowest BCUT2D eigenvalue weighted by atomic mass is 9.90. The molecule has 2 aromatic rings. The maximum atomic E-state index is 14.6. The topological polar surface area (TPSA) is 101 Å². The van der Waals surface area contributed by atoms with Crippen LogP contribution in [0, 0.1) is 11.6 Å². The first-order valence-corrected chi connectivity index (χ1v) is 13.8. The van der Waals surface area contributed by atoms with Crippen molar-refractivity contribution in [3.8, 4) is 0 Å². The summed E-state index contributed by atoms with van der Waals surface area (Å²) in [4.78, 5) is 26.3. The van der Waals surface area contributed by atoms with Gasteiger partial charge in [0.2, 0.25) is 0 Å². The number of amides is 1. The number of ether oxygens (including phenoxy) is 1. The largest absolute Gasteiger partial charge is 0.481 e. The predicted molar refractivity (Wildman–Crippen MR) is 135 cm³/mol. The van der Waals surface area contributed by atoms with Crippen molar-refractivity contribution in [2.24, 2.45) is 0 Å². The Hall–Kier alpha value is -2.27. The third kappa shape index (κ3) is 6.42. The molecule has 1 aliphatic heterocycles. The molecular weight excluding hydrogens is 551 g/mol. The van der Waals surface area contributed by atoms with Gasteiger partial charge in [0.1, 0.15) is 23.8 Å². The molecule has 37 heavy (non-hydrogen) atoms. The molecule has 1 fully saturated rings. The Labute approximate surface area is 224 Å². The van der Waals surface area contributed by atoms with Gasteiger partial charge in [-0.2, -0.15) is 0 Å². The van der Waals surface area contributed by atoms with Gasteiger partial charge in [0, 0.05) is 11.1 Å². The second-order valence-electron chi connectivity index (χ2n) is 9.95. The fourth-order valence-electron chi connectivity index (χ4n) is 4.22. The maximum absolute atomic E-state index is 14.6. The summed E-state index contributed by atoms with van der Waals surface area (Å²) in [6, 6.07) is 5.18. The van der Waals surface area contributed by atoms with E-state index in [1.807, 2.05) is 0 Å². The zero-order chi connectivity index (χ0) is 27.9. The van der Waals surface area contributed by atoms with Crippen LogP contribution in [-0.4, -0.2) is 52.9 Å². The van der Waals surface area contributed by atoms with Crippen LogP contribution in [0.1, 0.15) is 57.4 Å². The lowest BCUT2D eigenvalue weighted by Gasteiger charge is -2.47. The van der Waals surface area contributed by atoms with Gasteiger partial charge < -0.3 is 14.7 Å². The summed E-state index contributed by atoms with van der Waals surface area (Å²) in [6.45, 7) is 6.06. The van der Waals surface area contributed by atoms with E-state index in [4.69, 9.17) is 27.9 Å². The van der Waals surface area contributed by atoms with Crippen molar-refractivity contribution >= 4 is 44.9 Å². The van der Waals surface area contributed by atoms with Gasteiger partial charge in [-0.1, -0.05) is 29.3 Å². The second-order valence-corrected chi connectivity index (χ2v) is 13.6. The first kappa shape index (κ1) is 29.3. The first-order valence-electron chi connectivity index (χ1n) is 11.3. The van der Waals surface area contributed by atoms with Crippen LogP contribution in [0.5, 0.6) is 0 Å². The molecule has 1 aliphatic rings. The molecule has 1 heterocycles.